The van der Waals surface area contributed by atoms with Crippen molar-refractivity contribution < 1.29 is 9.59 Å². The van der Waals surface area contributed by atoms with E-state index in [1.54, 1.807) is 11.9 Å². The Balaban J connectivity index is 2.46. The molecule has 0 fully saturated rings. The van der Waals surface area contributed by atoms with Gasteiger partial charge in [-0.2, -0.15) is 0 Å². The number of hydrogen-bond acceptors (Lipinski definition) is 2. The summed E-state index contributed by atoms with van der Waals surface area (Å²) in [6.07, 6.45) is 1.43. The van der Waals surface area contributed by atoms with Crippen LogP contribution in [0, 0.1) is 11.8 Å². The summed E-state index contributed by atoms with van der Waals surface area (Å²) in [4.78, 5) is 28.3. The van der Waals surface area contributed by atoms with Gasteiger partial charge >= 0.3 is 0 Å². The summed E-state index contributed by atoms with van der Waals surface area (Å²) in [6.45, 7) is 10.1. The number of hydrogen-bond donors (Lipinski definition) is 0. The molecular formula is C20H32N2O2. The lowest BCUT2D eigenvalue weighted by Gasteiger charge is -2.26. The van der Waals surface area contributed by atoms with Crippen LogP contribution in [-0.4, -0.2) is 36.9 Å². The van der Waals surface area contributed by atoms with Gasteiger partial charge in [0.05, 0.1) is 0 Å². The highest BCUT2D eigenvalue weighted by Gasteiger charge is 2.17. The smallest absolute Gasteiger partial charge is 0.226 e. The van der Waals surface area contributed by atoms with Crippen LogP contribution < -0.4 is 4.90 Å². The Bertz CT molecular complexity index is 502. The molecule has 0 atom stereocenters. The van der Waals surface area contributed by atoms with Crippen molar-refractivity contribution in [2.24, 2.45) is 11.8 Å². The Morgan fingerprint density at radius 1 is 0.875 bits per heavy atom. The van der Waals surface area contributed by atoms with Crippen molar-refractivity contribution in [3.05, 3.63) is 30.3 Å². The van der Waals surface area contributed by atoms with Crippen molar-refractivity contribution in [3.8, 4) is 0 Å². The topological polar surface area (TPSA) is 40.6 Å². The van der Waals surface area contributed by atoms with Crippen molar-refractivity contribution >= 4 is 17.5 Å². The first-order valence-corrected chi connectivity index (χ1v) is 8.90. The fraction of sp³-hybridized carbons (Fsp3) is 0.600. The van der Waals surface area contributed by atoms with Crippen LogP contribution in [0.25, 0.3) is 0 Å². The Morgan fingerprint density at radius 2 is 1.38 bits per heavy atom. The molecule has 0 saturated carbocycles. The molecule has 0 N–H and O–H groups in total. The lowest BCUT2D eigenvalue weighted by atomic mass is 10.1. The highest BCUT2D eigenvalue weighted by atomic mass is 16.2. The van der Waals surface area contributed by atoms with Crippen molar-refractivity contribution in [2.45, 2.75) is 47.0 Å². The molecule has 1 aromatic rings. The van der Waals surface area contributed by atoms with Gasteiger partial charge in [-0.3, -0.25) is 9.59 Å². The minimum atomic E-state index is 0.0493. The Labute approximate surface area is 146 Å². The van der Waals surface area contributed by atoms with Crippen LogP contribution in [0.3, 0.4) is 0 Å². The number of anilines is 1. The molecule has 134 valence electrons. The predicted molar refractivity (Wildman–Crippen MR) is 100.0 cm³/mol. The van der Waals surface area contributed by atoms with E-state index in [9.17, 15) is 9.59 Å². The quantitative estimate of drug-likeness (QED) is 0.687. The fourth-order valence-corrected chi connectivity index (χ4v) is 2.67. The van der Waals surface area contributed by atoms with Crippen LogP contribution in [0.15, 0.2) is 30.3 Å². The maximum atomic E-state index is 12.4. The molecule has 2 amide bonds. The van der Waals surface area contributed by atoms with E-state index >= 15 is 0 Å². The zero-order chi connectivity index (χ0) is 18.1. The van der Waals surface area contributed by atoms with Crippen LogP contribution >= 0.6 is 0 Å². The van der Waals surface area contributed by atoms with Crippen LogP contribution in [0.5, 0.6) is 0 Å². The maximum absolute atomic E-state index is 12.4. The summed E-state index contributed by atoms with van der Waals surface area (Å²) in [5, 5.41) is 0. The highest BCUT2D eigenvalue weighted by Crippen LogP contribution is 2.14. The standard InChI is InChI=1S/C20H32N2O2/c1-16(2)14-22(15-17(3)4)20(24)13-9-12-19(23)21(5)18-10-7-6-8-11-18/h6-8,10-11,16-17H,9,12-15H2,1-5H3. The Hall–Kier alpha value is -1.84. The predicted octanol–water partition coefficient (Wildman–Crippen LogP) is 3.96. The summed E-state index contributed by atoms with van der Waals surface area (Å²) >= 11 is 0. The molecule has 0 aliphatic heterocycles. The van der Waals surface area contributed by atoms with Crippen LogP contribution in [0.1, 0.15) is 47.0 Å². The first-order valence-electron chi connectivity index (χ1n) is 8.90. The second-order valence-corrected chi connectivity index (χ2v) is 7.23. The van der Waals surface area contributed by atoms with Crippen molar-refractivity contribution in [1.82, 2.24) is 4.90 Å². The summed E-state index contributed by atoms with van der Waals surface area (Å²) in [5.74, 6) is 1.12. The van der Waals surface area contributed by atoms with Gasteiger partial charge in [-0.25, -0.2) is 0 Å². The third-order valence-electron chi connectivity index (χ3n) is 3.82. The number of rotatable bonds is 9. The molecule has 0 spiro atoms. The molecule has 0 aromatic heterocycles. The minimum absolute atomic E-state index is 0.0493. The van der Waals surface area contributed by atoms with Gasteiger partial charge < -0.3 is 9.80 Å². The monoisotopic (exact) mass is 332 g/mol. The van der Waals surface area contributed by atoms with Gasteiger partial charge in [0.15, 0.2) is 0 Å². The average molecular weight is 332 g/mol. The van der Waals surface area contributed by atoms with E-state index < -0.39 is 0 Å². The minimum Gasteiger partial charge on any atom is -0.342 e. The van der Waals surface area contributed by atoms with E-state index in [1.165, 1.54) is 0 Å². The molecule has 0 unspecified atom stereocenters. The summed E-state index contributed by atoms with van der Waals surface area (Å²) in [6, 6.07) is 9.58. The normalized spacial score (nSPS) is 11.0. The second kappa shape index (κ2) is 10.1. The number of amides is 2. The van der Waals surface area contributed by atoms with Gasteiger partial charge in [-0.1, -0.05) is 45.9 Å². The second-order valence-electron chi connectivity index (χ2n) is 7.23. The van der Waals surface area contributed by atoms with Crippen LogP contribution in [-0.2, 0) is 9.59 Å². The third kappa shape index (κ3) is 7.16. The molecule has 0 aliphatic rings. The molecule has 0 radical (unpaired) electrons. The molecule has 4 nitrogen and oxygen atoms in total. The zero-order valence-electron chi connectivity index (χ0n) is 15.8. The van der Waals surface area contributed by atoms with E-state index in [2.05, 4.69) is 27.7 Å². The number of carbonyl (C=O) groups excluding carboxylic acids is 2. The van der Waals surface area contributed by atoms with Gasteiger partial charge in [0.2, 0.25) is 11.8 Å². The Kier molecular flexibility index (Phi) is 8.51. The van der Waals surface area contributed by atoms with Crippen molar-refractivity contribution in [3.63, 3.8) is 0 Å². The van der Waals surface area contributed by atoms with Gasteiger partial charge in [0.1, 0.15) is 0 Å². The molecule has 0 heterocycles. The fourth-order valence-electron chi connectivity index (χ4n) is 2.67. The van der Waals surface area contributed by atoms with Crippen molar-refractivity contribution in [2.75, 3.05) is 25.0 Å². The molecule has 24 heavy (non-hydrogen) atoms. The summed E-state index contributed by atoms with van der Waals surface area (Å²) < 4.78 is 0. The number of nitrogens with zero attached hydrogens (tertiary/aromatic N) is 2. The average Bonchev–Trinajstić information content (AvgIpc) is 2.53. The molecule has 0 bridgehead atoms. The van der Waals surface area contributed by atoms with Gasteiger partial charge in [-0.05, 0) is 30.4 Å². The molecule has 4 heteroatoms. The van der Waals surface area contributed by atoms with Gasteiger partial charge in [-0.15, -0.1) is 0 Å². The van der Waals surface area contributed by atoms with Crippen molar-refractivity contribution in [1.29, 1.82) is 0 Å². The Morgan fingerprint density at radius 3 is 1.88 bits per heavy atom. The number of carbonyl (C=O) groups is 2. The van der Waals surface area contributed by atoms with E-state index in [4.69, 9.17) is 0 Å². The largest absolute Gasteiger partial charge is 0.342 e. The molecule has 0 saturated heterocycles. The van der Waals surface area contributed by atoms with Crippen LogP contribution in [0.4, 0.5) is 5.69 Å². The molecule has 1 rings (SSSR count). The summed E-state index contributed by atoms with van der Waals surface area (Å²) in [5.41, 5.74) is 0.884. The van der Waals surface area contributed by atoms with Gasteiger partial charge in [0.25, 0.3) is 0 Å². The maximum Gasteiger partial charge on any atom is 0.226 e. The van der Waals surface area contributed by atoms with E-state index in [-0.39, 0.29) is 11.8 Å². The van der Waals surface area contributed by atoms with Gasteiger partial charge in [0, 0.05) is 38.7 Å². The lowest BCUT2D eigenvalue weighted by molar-refractivity contribution is -0.132. The molecule has 1 aromatic carbocycles. The number of benzene rings is 1. The molecule has 0 aliphatic carbocycles. The lowest BCUT2D eigenvalue weighted by Crippen LogP contribution is -2.37. The van der Waals surface area contributed by atoms with E-state index in [0.717, 1.165) is 18.8 Å². The highest BCUT2D eigenvalue weighted by molar-refractivity contribution is 5.93. The third-order valence-corrected chi connectivity index (χ3v) is 3.82. The first kappa shape index (κ1) is 20.2. The van der Waals surface area contributed by atoms with E-state index in [0.29, 0.717) is 31.1 Å². The number of para-hydroxylation sites is 1. The zero-order valence-corrected chi connectivity index (χ0v) is 15.8. The van der Waals surface area contributed by atoms with E-state index in [1.807, 2.05) is 35.2 Å². The summed E-state index contributed by atoms with van der Waals surface area (Å²) in [7, 11) is 1.78. The molecular weight excluding hydrogens is 300 g/mol. The van der Waals surface area contributed by atoms with Crippen LogP contribution in [0.2, 0.25) is 0 Å². The first-order chi connectivity index (χ1) is 11.3. The SMILES string of the molecule is CC(C)CN(CC(C)C)C(=O)CCCC(=O)N(C)c1ccccc1.